The smallest absolute Gasteiger partial charge is 0.135 e. The van der Waals surface area contributed by atoms with Crippen LogP contribution in [0, 0.1) is 32.6 Å². The standard InChI is InChI=1S/C58H59N4O.Pt/c1-36(2)47-20-16-21-48(37(3)4)56(47)40-29-44(61-35-60(53-27-38(5)39(6)28-54(53)61)43-18-15-17-41(31-43)57(7,8)9)33-46(30-40)63-45-23-24-50-49-19-13-14-22-51(49)62(52(50)34-45)55-32-42(25-26-59-55)58(10,11)12;/h13-32,35-37H,1-12H3;/q-3;. The Labute approximate surface area is 395 Å². The molecule has 0 unspecified atom stereocenters. The summed E-state index contributed by atoms with van der Waals surface area (Å²) in [7, 11) is 0. The van der Waals surface area contributed by atoms with Gasteiger partial charge in [-0.25, -0.2) is 4.98 Å². The molecule has 64 heavy (non-hydrogen) atoms. The summed E-state index contributed by atoms with van der Waals surface area (Å²) in [6.07, 6.45) is 1.91. The van der Waals surface area contributed by atoms with Crippen molar-refractivity contribution in [2.24, 2.45) is 0 Å². The minimum atomic E-state index is -0.0328. The Morgan fingerprint density at radius 1 is 0.609 bits per heavy atom. The molecule has 1 aliphatic rings. The van der Waals surface area contributed by atoms with E-state index in [9.17, 15) is 0 Å². The Morgan fingerprint density at radius 3 is 1.92 bits per heavy atom. The predicted molar refractivity (Wildman–Crippen MR) is 265 cm³/mol. The first-order valence-corrected chi connectivity index (χ1v) is 22.4. The number of benzene rings is 6. The zero-order valence-corrected chi connectivity index (χ0v) is 41.6. The molecule has 0 saturated heterocycles. The van der Waals surface area contributed by atoms with Gasteiger partial charge in [-0.3, -0.25) is 0 Å². The molecule has 0 fully saturated rings. The van der Waals surface area contributed by atoms with E-state index < -0.39 is 0 Å². The molecule has 6 heteroatoms. The second kappa shape index (κ2) is 17.1. The van der Waals surface area contributed by atoms with Crippen LogP contribution in [0.1, 0.15) is 114 Å². The van der Waals surface area contributed by atoms with Crippen molar-refractivity contribution in [3.63, 3.8) is 0 Å². The van der Waals surface area contributed by atoms with Gasteiger partial charge >= 0.3 is 0 Å². The van der Waals surface area contributed by atoms with Crippen LogP contribution in [0.3, 0.4) is 0 Å². The molecule has 330 valence electrons. The topological polar surface area (TPSA) is 33.5 Å². The Balaban J connectivity index is 0.00000560. The number of anilines is 4. The van der Waals surface area contributed by atoms with Gasteiger partial charge in [0.1, 0.15) is 5.82 Å². The quantitative estimate of drug-likeness (QED) is 0.142. The van der Waals surface area contributed by atoms with Crippen LogP contribution >= 0.6 is 0 Å². The summed E-state index contributed by atoms with van der Waals surface area (Å²) < 4.78 is 9.23. The van der Waals surface area contributed by atoms with E-state index in [2.05, 4.69) is 225 Å². The number of hydrogen-bond acceptors (Lipinski definition) is 4. The molecule has 9 rings (SSSR count). The third-order valence-electron chi connectivity index (χ3n) is 12.7. The van der Waals surface area contributed by atoms with Gasteiger partial charge in [0, 0.05) is 61.3 Å². The van der Waals surface area contributed by atoms with Gasteiger partial charge in [0.05, 0.1) is 0 Å². The molecule has 0 saturated carbocycles. The van der Waals surface area contributed by atoms with Crippen LogP contribution in [-0.4, -0.2) is 9.55 Å². The molecular formula is C58H59N4OPt-3. The number of pyridine rings is 1. The first-order chi connectivity index (χ1) is 30.0. The molecule has 0 N–H and O–H groups in total. The van der Waals surface area contributed by atoms with E-state index in [0.717, 1.165) is 55.9 Å². The third kappa shape index (κ3) is 8.29. The number of aromatic nitrogens is 2. The van der Waals surface area contributed by atoms with Gasteiger partial charge in [-0.1, -0.05) is 123 Å². The zero-order chi connectivity index (χ0) is 44.5. The summed E-state index contributed by atoms with van der Waals surface area (Å²) in [5, 5.41) is 2.24. The van der Waals surface area contributed by atoms with Crippen LogP contribution < -0.4 is 14.5 Å². The summed E-state index contributed by atoms with van der Waals surface area (Å²) in [6, 6.07) is 49.3. The number of rotatable bonds is 8. The second-order valence-electron chi connectivity index (χ2n) is 20.0. The van der Waals surface area contributed by atoms with Crippen molar-refractivity contribution in [2.75, 3.05) is 9.80 Å². The maximum Gasteiger partial charge on any atom is 0.135 e. The van der Waals surface area contributed by atoms with E-state index in [1.165, 1.54) is 38.9 Å². The average Bonchev–Trinajstić information content (AvgIpc) is 3.78. The number of nitrogens with zero attached hydrogens (tertiary/aromatic N) is 4. The monoisotopic (exact) mass is 1020 g/mol. The first kappa shape index (κ1) is 44.9. The van der Waals surface area contributed by atoms with Gasteiger partial charge in [0.15, 0.2) is 0 Å². The number of ether oxygens (including phenoxy) is 1. The molecule has 1 aliphatic heterocycles. The Bertz CT molecular complexity index is 3010. The van der Waals surface area contributed by atoms with Gasteiger partial charge < -0.3 is 19.1 Å². The van der Waals surface area contributed by atoms with E-state index in [1.54, 1.807) is 0 Å². The molecule has 0 radical (unpaired) electrons. The fraction of sp³-hybridized carbons (Fsp3) is 0.276. The average molecular weight is 1020 g/mol. The number of aryl methyl sites for hydroxylation is 2. The van der Waals surface area contributed by atoms with Gasteiger partial charge in [0.25, 0.3) is 0 Å². The van der Waals surface area contributed by atoms with E-state index in [4.69, 9.17) is 9.72 Å². The minimum Gasteiger partial charge on any atom is -0.509 e. The fourth-order valence-corrected chi connectivity index (χ4v) is 8.97. The fourth-order valence-electron chi connectivity index (χ4n) is 8.97. The van der Waals surface area contributed by atoms with E-state index in [-0.39, 0.29) is 31.9 Å². The molecule has 3 heterocycles. The van der Waals surface area contributed by atoms with Crippen LogP contribution in [0.25, 0.3) is 38.8 Å². The van der Waals surface area contributed by atoms with Crippen LogP contribution in [0.2, 0.25) is 0 Å². The summed E-state index contributed by atoms with van der Waals surface area (Å²) in [5.41, 5.74) is 16.2. The van der Waals surface area contributed by atoms with E-state index >= 15 is 0 Å². The van der Waals surface area contributed by atoms with Crippen LogP contribution in [-0.2, 0) is 31.9 Å². The van der Waals surface area contributed by atoms with Crippen LogP contribution in [0.5, 0.6) is 11.5 Å². The third-order valence-corrected chi connectivity index (χ3v) is 12.7. The SMILES string of the molecule is Cc1cc2c(cc1C)N(c1cccc(C(C)(C)C)c1)[CH-]N2c1[c-]c(Oc2[c-]c3c(cc2)c2ccccc2n3-c2cc(C(C)(C)C)ccn2)cc(-c2c(C(C)C)cccc2C(C)C)c1.[Pt]. The molecule has 8 aromatic rings. The number of hydrogen-bond donors (Lipinski definition) is 0. The van der Waals surface area contributed by atoms with Crippen molar-refractivity contribution < 1.29 is 25.8 Å². The Kier molecular flexibility index (Phi) is 12.0. The molecule has 6 aromatic carbocycles. The Hall–Kier alpha value is -5.64. The molecule has 0 atom stereocenters. The van der Waals surface area contributed by atoms with Crippen molar-refractivity contribution >= 4 is 44.6 Å². The summed E-state index contributed by atoms with van der Waals surface area (Å²) in [6.45, 7) is 29.3. The number of fused-ring (bicyclic) bond motifs is 4. The van der Waals surface area contributed by atoms with Crippen LogP contribution in [0.15, 0.2) is 121 Å². The van der Waals surface area contributed by atoms with Gasteiger partial charge in [-0.2, -0.15) is 6.07 Å². The second-order valence-corrected chi connectivity index (χ2v) is 20.0. The Morgan fingerprint density at radius 2 is 1.25 bits per heavy atom. The largest absolute Gasteiger partial charge is 0.509 e. The van der Waals surface area contributed by atoms with Crippen LogP contribution in [0.4, 0.5) is 22.7 Å². The van der Waals surface area contributed by atoms with Gasteiger partial charge in [-0.15, -0.1) is 53.6 Å². The number of para-hydroxylation sites is 1. The summed E-state index contributed by atoms with van der Waals surface area (Å²) >= 11 is 0. The molecular weight excluding hydrogens is 964 g/mol. The first-order valence-electron chi connectivity index (χ1n) is 22.4. The molecule has 5 nitrogen and oxygen atoms in total. The minimum absolute atomic E-state index is 0. The zero-order valence-electron chi connectivity index (χ0n) is 39.3. The van der Waals surface area contributed by atoms with E-state index in [0.29, 0.717) is 23.3 Å². The predicted octanol–water partition coefficient (Wildman–Crippen LogP) is 16.1. The molecule has 2 aromatic heterocycles. The van der Waals surface area contributed by atoms with Crippen molar-refractivity contribution in [2.45, 2.75) is 106 Å². The maximum atomic E-state index is 7.01. The van der Waals surface area contributed by atoms with Crippen molar-refractivity contribution in [1.29, 1.82) is 0 Å². The summed E-state index contributed by atoms with van der Waals surface area (Å²) in [5.74, 6) is 2.71. The van der Waals surface area contributed by atoms with Gasteiger partial charge in [-0.05, 0) is 123 Å². The van der Waals surface area contributed by atoms with Crippen molar-refractivity contribution in [1.82, 2.24) is 9.55 Å². The van der Waals surface area contributed by atoms with Crippen molar-refractivity contribution in [3.8, 4) is 28.4 Å². The maximum absolute atomic E-state index is 7.01. The molecule has 0 aliphatic carbocycles. The van der Waals surface area contributed by atoms with Crippen molar-refractivity contribution in [3.05, 3.63) is 174 Å². The normalized spacial score (nSPS) is 13.0. The molecule has 0 bridgehead atoms. The molecule has 0 amide bonds. The molecule has 0 spiro atoms. The van der Waals surface area contributed by atoms with E-state index in [1.807, 2.05) is 12.3 Å². The van der Waals surface area contributed by atoms with Gasteiger partial charge in [0.2, 0.25) is 0 Å². The summed E-state index contributed by atoms with van der Waals surface area (Å²) in [4.78, 5) is 9.52.